The maximum absolute atomic E-state index is 13.3. The van der Waals surface area contributed by atoms with Gasteiger partial charge in [-0.05, 0) is 41.5 Å². The number of pyridine rings is 1. The fourth-order valence-electron chi connectivity index (χ4n) is 3.68. The van der Waals surface area contributed by atoms with Crippen LogP contribution in [0.2, 0.25) is 0 Å². The highest BCUT2D eigenvalue weighted by atomic mass is 32.1. The van der Waals surface area contributed by atoms with Gasteiger partial charge in [-0.25, -0.2) is 0 Å². The lowest BCUT2D eigenvalue weighted by Gasteiger charge is -2.36. The van der Waals surface area contributed by atoms with Crippen LogP contribution in [0, 0.1) is 0 Å². The van der Waals surface area contributed by atoms with Crippen LogP contribution in [-0.4, -0.2) is 24.1 Å². The lowest BCUT2D eigenvalue weighted by atomic mass is 9.73. The van der Waals surface area contributed by atoms with Crippen molar-refractivity contribution in [2.24, 2.45) is 0 Å². The van der Waals surface area contributed by atoms with E-state index in [1.165, 1.54) is 0 Å². The molecule has 1 aromatic carbocycles. The highest BCUT2D eigenvalue weighted by molar-refractivity contribution is 7.13. The summed E-state index contributed by atoms with van der Waals surface area (Å²) in [5.74, 6) is 0.0676. The molecular formula is C22H22N2O2S. The number of rotatable bonds is 5. The number of carbonyl (C=O) groups excluding carboxylic acids is 1. The van der Waals surface area contributed by atoms with Gasteiger partial charge >= 0.3 is 0 Å². The molecule has 0 bridgehead atoms. The van der Waals surface area contributed by atoms with Crippen molar-refractivity contribution in [3.8, 4) is 10.6 Å². The van der Waals surface area contributed by atoms with Crippen molar-refractivity contribution in [2.75, 3.05) is 13.2 Å². The van der Waals surface area contributed by atoms with Crippen LogP contribution in [0.15, 0.2) is 66.2 Å². The first-order valence-electron chi connectivity index (χ1n) is 9.19. The highest BCUT2D eigenvalue weighted by Gasteiger charge is 2.41. The monoisotopic (exact) mass is 378 g/mol. The van der Waals surface area contributed by atoms with Gasteiger partial charge in [0.05, 0.1) is 16.0 Å². The number of thiophene rings is 1. The number of aromatic nitrogens is 1. The molecular weight excluding hydrogens is 356 g/mol. The maximum atomic E-state index is 13.3. The van der Waals surface area contributed by atoms with Gasteiger partial charge in [0.15, 0.2) is 0 Å². The highest BCUT2D eigenvalue weighted by Crippen LogP contribution is 2.35. The molecule has 0 saturated carbocycles. The summed E-state index contributed by atoms with van der Waals surface area (Å²) in [6.45, 7) is 1.68. The normalized spacial score (nSPS) is 16.0. The average Bonchev–Trinajstić information content (AvgIpc) is 3.28. The smallest absolute Gasteiger partial charge is 0.231 e. The maximum Gasteiger partial charge on any atom is 0.231 e. The SMILES string of the molecule is O=C(NCc1cccnc1-c1cccs1)C1(c2ccccc2)CCOCC1. The fourth-order valence-corrected chi connectivity index (χ4v) is 4.44. The molecule has 1 amide bonds. The first-order valence-corrected chi connectivity index (χ1v) is 10.1. The number of hydrogen-bond donors (Lipinski definition) is 1. The Morgan fingerprint density at radius 2 is 1.89 bits per heavy atom. The van der Waals surface area contributed by atoms with E-state index in [1.54, 1.807) is 17.5 Å². The van der Waals surface area contributed by atoms with Gasteiger partial charge in [0.2, 0.25) is 5.91 Å². The van der Waals surface area contributed by atoms with Gasteiger partial charge in [-0.3, -0.25) is 9.78 Å². The quantitative estimate of drug-likeness (QED) is 0.725. The molecule has 4 nitrogen and oxygen atoms in total. The number of nitrogens with one attached hydrogen (secondary N) is 1. The summed E-state index contributed by atoms with van der Waals surface area (Å²) in [4.78, 5) is 18.9. The summed E-state index contributed by atoms with van der Waals surface area (Å²) in [6.07, 6.45) is 3.20. The summed E-state index contributed by atoms with van der Waals surface area (Å²) < 4.78 is 5.54. The molecule has 0 aliphatic carbocycles. The van der Waals surface area contributed by atoms with Crippen molar-refractivity contribution in [1.29, 1.82) is 0 Å². The molecule has 0 unspecified atom stereocenters. The lowest BCUT2D eigenvalue weighted by Crippen LogP contribution is -2.47. The van der Waals surface area contributed by atoms with Crippen LogP contribution in [0.3, 0.4) is 0 Å². The minimum Gasteiger partial charge on any atom is -0.381 e. The summed E-state index contributed by atoms with van der Waals surface area (Å²) >= 11 is 1.66. The molecule has 0 radical (unpaired) electrons. The van der Waals surface area contributed by atoms with Crippen molar-refractivity contribution in [2.45, 2.75) is 24.8 Å². The third-order valence-electron chi connectivity index (χ3n) is 5.19. The van der Waals surface area contributed by atoms with E-state index in [0.29, 0.717) is 32.6 Å². The van der Waals surface area contributed by atoms with Crippen LogP contribution in [0.25, 0.3) is 10.6 Å². The van der Waals surface area contributed by atoms with Gasteiger partial charge in [-0.2, -0.15) is 0 Å². The standard InChI is InChI=1S/C22H22N2O2S/c25-21(22(10-13-26-14-11-22)18-7-2-1-3-8-18)24-16-17-6-4-12-23-20(17)19-9-5-15-27-19/h1-9,12,15H,10-11,13-14,16H2,(H,24,25). The summed E-state index contributed by atoms with van der Waals surface area (Å²) in [6, 6.07) is 18.1. The van der Waals surface area contributed by atoms with E-state index in [0.717, 1.165) is 21.7 Å². The summed E-state index contributed by atoms with van der Waals surface area (Å²) in [5, 5.41) is 5.22. The first kappa shape index (κ1) is 17.9. The number of nitrogens with zero attached hydrogens (tertiary/aromatic N) is 1. The van der Waals surface area contributed by atoms with Gasteiger partial charge in [-0.1, -0.05) is 42.5 Å². The van der Waals surface area contributed by atoms with Crippen molar-refractivity contribution >= 4 is 17.2 Å². The zero-order valence-electron chi connectivity index (χ0n) is 15.1. The Bertz CT molecular complexity index is 888. The van der Waals surface area contributed by atoms with Crippen molar-refractivity contribution in [1.82, 2.24) is 10.3 Å². The Morgan fingerprint density at radius 3 is 2.63 bits per heavy atom. The second-order valence-corrected chi connectivity index (χ2v) is 7.68. The third-order valence-corrected chi connectivity index (χ3v) is 6.07. The van der Waals surface area contributed by atoms with Crippen LogP contribution in [0.4, 0.5) is 0 Å². The lowest BCUT2D eigenvalue weighted by molar-refractivity contribution is -0.130. The minimum atomic E-state index is -0.523. The second-order valence-electron chi connectivity index (χ2n) is 6.73. The van der Waals surface area contributed by atoms with Gasteiger partial charge in [-0.15, -0.1) is 11.3 Å². The third kappa shape index (κ3) is 3.66. The van der Waals surface area contributed by atoms with Crippen molar-refractivity contribution in [3.63, 3.8) is 0 Å². The van der Waals surface area contributed by atoms with E-state index in [4.69, 9.17) is 4.74 Å². The van der Waals surface area contributed by atoms with E-state index in [2.05, 4.69) is 16.4 Å². The molecule has 27 heavy (non-hydrogen) atoms. The Labute approximate surface area is 163 Å². The molecule has 5 heteroatoms. The largest absolute Gasteiger partial charge is 0.381 e. The Balaban J connectivity index is 1.57. The zero-order chi connectivity index (χ0) is 18.5. The first-order chi connectivity index (χ1) is 13.3. The molecule has 2 aromatic heterocycles. The number of amides is 1. The summed E-state index contributed by atoms with van der Waals surface area (Å²) in [5.41, 5.74) is 2.51. The predicted molar refractivity (Wildman–Crippen MR) is 108 cm³/mol. The van der Waals surface area contributed by atoms with Crippen LogP contribution < -0.4 is 5.32 Å². The predicted octanol–water partition coefficient (Wildman–Crippen LogP) is 4.17. The van der Waals surface area contributed by atoms with Crippen molar-refractivity contribution in [3.05, 3.63) is 77.3 Å². The van der Waals surface area contributed by atoms with Crippen LogP contribution in [0.5, 0.6) is 0 Å². The Hall–Kier alpha value is -2.50. The van der Waals surface area contributed by atoms with Gasteiger partial charge in [0, 0.05) is 26.0 Å². The van der Waals surface area contributed by atoms with Crippen LogP contribution in [0.1, 0.15) is 24.0 Å². The second kappa shape index (κ2) is 8.03. The molecule has 1 N–H and O–H groups in total. The number of ether oxygens (including phenoxy) is 1. The molecule has 1 aliphatic rings. The summed E-state index contributed by atoms with van der Waals surface area (Å²) in [7, 11) is 0. The minimum absolute atomic E-state index is 0.0676. The Kier molecular flexibility index (Phi) is 5.32. The number of hydrogen-bond acceptors (Lipinski definition) is 4. The zero-order valence-corrected chi connectivity index (χ0v) is 15.9. The molecule has 138 valence electrons. The number of carbonyl (C=O) groups is 1. The van der Waals surface area contributed by atoms with E-state index < -0.39 is 5.41 Å². The van der Waals surface area contributed by atoms with E-state index in [-0.39, 0.29) is 5.91 Å². The van der Waals surface area contributed by atoms with E-state index in [9.17, 15) is 4.79 Å². The topological polar surface area (TPSA) is 51.2 Å². The number of benzene rings is 1. The van der Waals surface area contributed by atoms with Gasteiger partial charge < -0.3 is 10.1 Å². The van der Waals surface area contributed by atoms with Crippen molar-refractivity contribution < 1.29 is 9.53 Å². The van der Waals surface area contributed by atoms with Crippen LogP contribution in [-0.2, 0) is 21.5 Å². The molecule has 1 fully saturated rings. The van der Waals surface area contributed by atoms with Gasteiger partial charge in [0.25, 0.3) is 0 Å². The fraction of sp³-hybridized carbons (Fsp3) is 0.273. The van der Waals surface area contributed by atoms with Crippen LogP contribution >= 0.6 is 11.3 Å². The average molecular weight is 378 g/mol. The van der Waals surface area contributed by atoms with E-state index >= 15 is 0 Å². The molecule has 3 aromatic rings. The molecule has 1 aliphatic heterocycles. The molecule has 0 spiro atoms. The Morgan fingerprint density at radius 1 is 1.07 bits per heavy atom. The van der Waals surface area contributed by atoms with E-state index in [1.807, 2.05) is 53.9 Å². The molecule has 4 rings (SSSR count). The molecule has 3 heterocycles. The molecule has 1 saturated heterocycles. The molecule has 0 atom stereocenters. The van der Waals surface area contributed by atoms with Gasteiger partial charge in [0.1, 0.15) is 0 Å².